The first kappa shape index (κ1) is 20.5. The predicted octanol–water partition coefficient (Wildman–Crippen LogP) is 3.87. The third-order valence-electron chi connectivity index (χ3n) is 4.40. The molecule has 0 aliphatic rings. The molecule has 29 heavy (non-hydrogen) atoms. The highest BCUT2D eigenvalue weighted by Crippen LogP contribution is 2.25. The Morgan fingerprint density at radius 2 is 1.93 bits per heavy atom. The Bertz CT molecular complexity index is 1080. The molecule has 152 valence electrons. The maximum atomic E-state index is 13.6. The first-order valence-corrected chi connectivity index (χ1v) is 9.14. The van der Waals surface area contributed by atoms with Crippen molar-refractivity contribution in [2.24, 2.45) is 5.73 Å². The van der Waals surface area contributed by atoms with E-state index in [1.54, 1.807) is 49.6 Å². The van der Waals surface area contributed by atoms with E-state index in [2.05, 4.69) is 0 Å². The number of fused-ring (bicyclic) bond motifs is 1. The lowest BCUT2D eigenvalue weighted by Crippen LogP contribution is -2.31. The van der Waals surface area contributed by atoms with Crippen LogP contribution in [0.4, 0.5) is 4.39 Å². The largest absolute Gasteiger partial charge is 0.478 e. The van der Waals surface area contributed by atoms with Crippen LogP contribution in [0.3, 0.4) is 0 Å². The Labute approximate surface area is 167 Å². The number of esters is 1. The summed E-state index contributed by atoms with van der Waals surface area (Å²) >= 11 is 0. The van der Waals surface area contributed by atoms with Gasteiger partial charge in [-0.15, -0.1) is 0 Å². The second kappa shape index (κ2) is 7.67. The molecule has 6 nitrogen and oxygen atoms in total. The van der Waals surface area contributed by atoms with Gasteiger partial charge < -0.3 is 20.1 Å². The number of carbonyl (C=O) groups excluding carboxylic acids is 1. The van der Waals surface area contributed by atoms with Crippen LogP contribution in [0.5, 0.6) is 0 Å². The number of hydrogen-bond donors (Lipinski definition) is 2. The van der Waals surface area contributed by atoms with Gasteiger partial charge in [-0.1, -0.05) is 24.3 Å². The number of halogens is 1. The van der Waals surface area contributed by atoms with Crippen molar-refractivity contribution < 1.29 is 23.8 Å². The lowest BCUT2D eigenvalue weighted by atomic mass is 10.0. The van der Waals surface area contributed by atoms with Gasteiger partial charge in [0.1, 0.15) is 17.5 Å². The number of aromatic carboxylic acids is 1. The number of nitrogens with two attached hydrogens (primary N) is 1. The van der Waals surface area contributed by atoms with Crippen molar-refractivity contribution in [1.82, 2.24) is 4.57 Å². The summed E-state index contributed by atoms with van der Waals surface area (Å²) in [6.45, 7) is 5.65. The molecule has 0 bridgehead atoms. The molecule has 3 N–H and O–H groups in total. The predicted molar refractivity (Wildman–Crippen MR) is 107 cm³/mol. The maximum absolute atomic E-state index is 13.6. The van der Waals surface area contributed by atoms with Gasteiger partial charge in [-0.25, -0.2) is 14.0 Å². The maximum Gasteiger partial charge on any atom is 0.337 e. The van der Waals surface area contributed by atoms with Gasteiger partial charge in [0.2, 0.25) is 0 Å². The Balaban J connectivity index is 1.91. The number of benzene rings is 2. The number of rotatable bonds is 5. The molecule has 2 aromatic carbocycles. The summed E-state index contributed by atoms with van der Waals surface area (Å²) < 4.78 is 20.7. The molecule has 1 aromatic heterocycles. The van der Waals surface area contributed by atoms with Crippen molar-refractivity contribution >= 4 is 22.8 Å². The molecule has 3 rings (SSSR count). The zero-order chi connectivity index (χ0) is 21.3. The highest BCUT2D eigenvalue weighted by atomic mass is 19.1. The lowest BCUT2D eigenvalue weighted by molar-refractivity contribution is -0.156. The Kier molecular flexibility index (Phi) is 5.44. The van der Waals surface area contributed by atoms with Gasteiger partial charge >= 0.3 is 11.9 Å². The molecule has 3 aromatic rings. The van der Waals surface area contributed by atoms with Gasteiger partial charge in [-0.2, -0.15) is 0 Å². The van der Waals surface area contributed by atoms with Crippen molar-refractivity contribution in [3.63, 3.8) is 0 Å². The molecule has 0 aliphatic heterocycles. The van der Waals surface area contributed by atoms with Gasteiger partial charge in [-0.05, 0) is 50.1 Å². The van der Waals surface area contributed by atoms with Crippen molar-refractivity contribution in [3.05, 3.63) is 71.2 Å². The fourth-order valence-corrected chi connectivity index (χ4v) is 3.15. The van der Waals surface area contributed by atoms with Crippen LogP contribution in [0.25, 0.3) is 10.9 Å². The lowest BCUT2D eigenvalue weighted by Gasteiger charge is -2.22. The molecule has 1 unspecified atom stereocenters. The highest BCUT2D eigenvalue weighted by Gasteiger charge is 2.23. The van der Waals surface area contributed by atoms with Gasteiger partial charge in [-0.3, -0.25) is 0 Å². The van der Waals surface area contributed by atoms with Crippen LogP contribution in [0, 0.1) is 5.82 Å². The summed E-state index contributed by atoms with van der Waals surface area (Å²) in [6.07, 6.45) is 1.48. The Hall–Kier alpha value is -3.19. The SMILES string of the molecule is CC(C)(C)OC(=O)C(N)c1cccc(Cn2cc(C(=O)O)c3cc(F)ccc32)c1. The molecule has 1 atom stereocenters. The molecule has 1 heterocycles. The van der Waals surface area contributed by atoms with E-state index in [0.29, 0.717) is 23.0 Å². The van der Waals surface area contributed by atoms with Crippen LogP contribution in [0.2, 0.25) is 0 Å². The number of carbonyl (C=O) groups is 2. The van der Waals surface area contributed by atoms with Crippen LogP contribution in [0.1, 0.15) is 48.3 Å². The number of aromatic nitrogens is 1. The average molecular weight is 398 g/mol. The molecule has 0 saturated carbocycles. The molecular formula is C22H23FN2O4. The third kappa shape index (κ3) is 4.63. The summed E-state index contributed by atoms with van der Waals surface area (Å²) in [6, 6.07) is 10.3. The van der Waals surface area contributed by atoms with Crippen LogP contribution < -0.4 is 5.73 Å². The standard InChI is InChI=1S/C22H23FN2O4/c1-22(2,3)29-21(28)19(24)14-6-4-5-13(9-14)11-25-12-17(20(26)27)16-10-15(23)7-8-18(16)25/h4-10,12,19H,11,24H2,1-3H3,(H,26,27). The number of nitrogens with zero attached hydrogens (tertiary/aromatic N) is 1. The Morgan fingerprint density at radius 3 is 2.59 bits per heavy atom. The molecule has 0 fully saturated rings. The van der Waals surface area contributed by atoms with E-state index in [1.807, 2.05) is 6.07 Å². The topological polar surface area (TPSA) is 94.5 Å². The minimum absolute atomic E-state index is 0.0288. The van der Waals surface area contributed by atoms with E-state index >= 15 is 0 Å². The monoisotopic (exact) mass is 398 g/mol. The first-order valence-electron chi connectivity index (χ1n) is 9.14. The van der Waals surface area contributed by atoms with Gasteiger partial charge in [0.05, 0.1) is 5.56 Å². The summed E-state index contributed by atoms with van der Waals surface area (Å²) in [4.78, 5) is 23.8. The van der Waals surface area contributed by atoms with E-state index in [0.717, 1.165) is 5.56 Å². The molecule has 0 spiro atoms. The van der Waals surface area contributed by atoms with Crippen LogP contribution in [-0.2, 0) is 16.1 Å². The van der Waals surface area contributed by atoms with E-state index in [1.165, 1.54) is 18.3 Å². The molecule has 0 amide bonds. The fourth-order valence-electron chi connectivity index (χ4n) is 3.15. The smallest absolute Gasteiger partial charge is 0.337 e. The summed E-state index contributed by atoms with van der Waals surface area (Å²) in [5.41, 5.74) is 7.46. The van der Waals surface area contributed by atoms with E-state index in [9.17, 15) is 19.1 Å². The zero-order valence-electron chi connectivity index (χ0n) is 16.5. The zero-order valence-corrected chi connectivity index (χ0v) is 16.5. The minimum Gasteiger partial charge on any atom is -0.478 e. The molecule has 7 heteroatoms. The normalized spacial score (nSPS) is 12.7. The first-order chi connectivity index (χ1) is 13.5. The van der Waals surface area contributed by atoms with Crippen LogP contribution >= 0.6 is 0 Å². The highest BCUT2D eigenvalue weighted by molar-refractivity contribution is 6.03. The quantitative estimate of drug-likeness (QED) is 0.636. The van der Waals surface area contributed by atoms with Crippen molar-refractivity contribution in [2.75, 3.05) is 0 Å². The van der Waals surface area contributed by atoms with Crippen LogP contribution in [-0.4, -0.2) is 27.2 Å². The summed E-state index contributed by atoms with van der Waals surface area (Å²) in [7, 11) is 0. The van der Waals surface area contributed by atoms with Crippen molar-refractivity contribution in [3.8, 4) is 0 Å². The van der Waals surface area contributed by atoms with E-state index < -0.39 is 29.4 Å². The average Bonchev–Trinajstić information content (AvgIpc) is 2.97. The fraction of sp³-hybridized carbons (Fsp3) is 0.273. The van der Waals surface area contributed by atoms with E-state index in [-0.39, 0.29) is 5.56 Å². The summed E-state index contributed by atoms with van der Waals surface area (Å²) in [5, 5.41) is 9.75. The third-order valence-corrected chi connectivity index (χ3v) is 4.40. The summed E-state index contributed by atoms with van der Waals surface area (Å²) in [5.74, 6) is -2.15. The molecule has 0 saturated heterocycles. The van der Waals surface area contributed by atoms with Crippen molar-refractivity contribution in [1.29, 1.82) is 0 Å². The number of carboxylic acid groups (broad SMARTS) is 1. The number of carboxylic acids is 1. The van der Waals surface area contributed by atoms with E-state index in [4.69, 9.17) is 10.5 Å². The van der Waals surface area contributed by atoms with Gasteiger partial charge in [0.25, 0.3) is 0 Å². The second-order valence-corrected chi connectivity index (χ2v) is 7.89. The molecule has 0 aliphatic carbocycles. The minimum atomic E-state index is -1.12. The van der Waals surface area contributed by atoms with Crippen LogP contribution in [0.15, 0.2) is 48.7 Å². The molecule has 0 radical (unpaired) electrons. The number of ether oxygens (including phenoxy) is 1. The Morgan fingerprint density at radius 1 is 1.21 bits per heavy atom. The van der Waals surface area contributed by atoms with Gasteiger partial charge in [0, 0.05) is 23.6 Å². The van der Waals surface area contributed by atoms with Crippen molar-refractivity contribution in [2.45, 2.75) is 39.0 Å². The van der Waals surface area contributed by atoms with Gasteiger partial charge in [0.15, 0.2) is 0 Å². The second-order valence-electron chi connectivity index (χ2n) is 7.89. The number of hydrogen-bond acceptors (Lipinski definition) is 4. The molecular weight excluding hydrogens is 375 g/mol.